The molecule has 0 aromatic heterocycles. The third-order valence-electron chi connectivity index (χ3n) is 6.72. The molecule has 24 heavy (non-hydrogen) atoms. The molecule has 1 atom stereocenters. The van der Waals surface area contributed by atoms with Gasteiger partial charge < -0.3 is 10.0 Å². The maximum absolute atomic E-state index is 12.9. The summed E-state index contributed by atoms with van der Waals surface area (Å²) >= 11 is 0. The first-order valence-electron chi connectivity index (χ1n) is 10.2. The van der Waals surface area contributed by atoms with Gasteiger partial charge in [0.2, 0.25) is 5.91 Å². The normalized spacial score (nSPS) is 32.0. The van der Waals surface area contributed by atoms with Crippen molar-refractivity contribution in [1.29, 1.82) is 0 Å². The fourth-order valence-corrected chi connectivity index (χ4v) is 5.15. The van der Waals surface area contributed by atoms with Gasteiger partial charge in [0.25, 0.3) is 0 Å². The molecule has 1 amide bonds. The van der Waals surface area contributed by atoms with E-state index in [9.17, 15) is 9.59 Å². The van der Waals surface area contributed by atoms with Gasteiger partial charge >= 0.3 is 5.97 Å². The standard InChI is InChI=1S/C20H33NO3/c22-19(16-9-11-17(12-10-16)20(23)24)21-14-4-7-18(21)13-8-15-5-2-1-3-6-15/h15-18H,1-14H2,(H,23,24). The molecule has 0 bridgehead atoms. The maximum atomic E-state index is 12.9. The first-order chi connectivity index (χ1) is 11.6. The van der Waals surface area contributed by atoms with Crippen molar-refractivity contribution in [2.24, 2.45) is 17.8 Å². The average Bonchev–Trinajstić information content (AvgIpc) is 3.09. The highest BCUT2D eigenvalue weighted by Crippen LogP contribution is 2.34. The third kappa shape index (κ3) is 4.31. The van der Waals surface area contributed by atoms with Crippen LogP contribution in [0.2, 0.25) is 0 Å². The summed E-state index contributed by atoms with van der Waals surface area (Å²) in [6, 6.07) is 0.455. The quantitative estimate of drug-likeness (QED) is 0.818. The summed E-state index contributed by atoms with van der Waals surface area (Å²) in [5, 5.41) is 9.12. The zero-order valence-electron chi connectivity index (χ0n) is 14.9. The van der Waals surface area contributed by atoms with Gasteiger partial charge in [0.05, 0.1) is 5.92 Å². The molecule has 1 aliphatic heterocycles. The molecule has 1 unspecified atom stereocenters. The Kier molecular flexibility index (Phi) is 6.18. The molecule has 4 heteroatoms. The lowest BCUT2D eigenvalue weighted by atomic mass is 9.81. The summed E-state index contributed by atoms with van der Waals surface area (Å²) in [6.07, 6.45) is 14.6. The first-order valence-corrected chi connectivity index (χ1v) is 10.2. The topological polar surface area (TPSA) is 57.6 Å². The molecule has 1 saturated heterocycles. The molecule has 4 nitrogen and oxygen atoms in total. The van der Waals surface area contributed by atoms with Crippen molar-refractivity contribution in [3.63, 3.8) is 0 Å². The van der Waals surface area contributed by atoms with Crippen molar-refractivity contribution in [2.45, 2.75) is 89.5 Å². The molecule has 2 saturated carbocycles. The van der Waals surface area contributed by atoms with Gasteiger partial charge in [-0.15, -0.1) is 0 Å². The van der Waals surface area contributed by atoms with Crippen LogP contribution in [0, 0.1) is 17.8 Å². The van der Waals surface area contributed by atoms with Crippen LogP contribution in [-0.2, 0) is 9.59 Å². The van der Waals surface area contributed by atoms with E-state index in [1.165, 1.54) is 51.4 Å². The molecule has 0 aromatic carbocycles. The number of aliphatic carboxylic acids is 1. The van der Waals surface area contributed by atoms with Crippen LogP contribution in [0.4, 0.5) is 0 Å². The molecule has 2 aliphatic carbocycles. The van der Waals surface area contributed by atoms with E-state index in [1.807, 2.05) is 0 Å². The second-order valence-electron chi connectivity index (χ2n) is 8.30. The average molecular weight is 335 g/mol. The molecule has 136 valence electrons. The smallest absolute Gasteiger partial charge is 0.306 e. The molecule has 0 spiro atoms. The fraction of sp³-hybridized carbons (Fsp3) is 0.900. The van der Waals surface area contributed by atoms with Gasteiger partial charge in [-0.1, -0.05) is 32.1 Å². The SMILES string of the molecule is O=C(O)C1CCC(C(=O)N2CCCC2CCC2CCCCC2)CC1. The van der Waals surface area contributed by atoms with Crippen LogP contribution in [0.3, 0.4) is 0 Å². The number of amides is 1. The number of hydrogen-bond donors (Lipinski definition) is 1. The van der Waals surface area contributed by atoms with Crippen molar-refractivity contribution in [1.82, 2.24) is 4.90 Å². The van der Waals surface area contributed by atoms with Crippen LogP contribution < -0.4 is 0 Å². The Labute approximate surface area is 146 Å². The number of rotatable bonds is 5. The van der Waals surface area contributed by atoms with Gasteiger partial charge in [-0.3, -0.25) is 9.59 Å². The monoisotopic (exact) mass is 335 g/mol. The van der Waals surface area contributed by atoms with Gasteiger partial charge in [-0.25, -0.2) is 0 Å². The Morgan fingerprint density at radius 3 is 2.12 bits per heavy atom. The molecule has 1 N–H and O–H groups in total. The predicted octanol–water partition coefficient (Wildman–Crippen LogP) is 4.23. The Morgan fingerprint density at radius 2 is 1.46 bits per heavy atom. The Bertz CT molecular complexity index is 436. The van der Waals surface area contributed by atoms with E-state index >= 15 is 0 Å². The van der Waals surface area contributed by atoms with Crippen molar-refractivity contribution >= 4 is 11.9 Å². The van der Waals surface area contributed by atoms with Crippen molar-refractivity contribution < 1.29 is 14.7 Å². The van der Waals surface area contributed by atoms with Crippen LogP contribution in [0.1, 0.15) is 83.5 Å². The van der Waals surface area contributed by atoms with E-state index in [-0.39, 0.29) is 11.8 Å². The summed E-state index contributed by atoms with van der Waals surface area (Å²) in [7, 11) is 0. The largest absolute Gasteiger partial charge is 0.481 e. The number of likely N-dealkylation sites (tertiary alicyclic amines) is 1. The molecule has 3 fully saturated rings. The molecule has 0 aromatic rings. The zero-order chi connectivity index (χ0) is 16.9. The number of carbonyl (C=O) groups is 2. The lowest BCUT2D eigenvalue weighted by Crippen LogP contribution is -2.41. The Morgan fingerprint density at radius 1 is 0.792 bits per heavy atom. The summed E-state index contributed by atoms with van der Waals surface area (Å²) in [6.45, 7) is 0.924. The van der Waals surface area contributed by atoms with Crippen LogP contribution in [0.5, 0.6) is 0 Å². The van der Waals surface area contributed by atoms with Crippen LogP contribution >= 0.6 is 0 Å². The Balaban J connectivity index is 1.47. The highest BCUT2D eigenvalue weighted by Gasteiger charge is 2.36. The van der Waals surface area contributed by atoms with Crippen molar-refractivity contribution in [2.75, 3.05) is 6.54 Å². The number of carboxylic acid groups (broad SMARTS) is 1. The Hall–Kier alpha value is -1.06. The fourth-order valence-electron chi connectivity index (χ4n) is 5.15. The minimum atomic E-state index is -0.688. The number of carbonyl (C=O) groups excluding carboxylic acids is 1. The number of nitrogens with zero attached hydrogens (tertiary/aromatic N) is 1. The van der Waals surface area contributed by atoms with Crippen LogP contribution in [-0.4, -0.2) is 34.5 Å². The van der Waals surface area contributed by atoms with E-state index in [2.05, 4.69) is 4.90 Å². The maximum Gasteiger partial charge on any atom is 0.306 e. The molecule has 3 rings (SSSR count). The zero-order valence-corrected chi connectivity index (χ0v) is 14.9. The molecule has 0 radical (unpaired) electrons. The number of carboxylic acids is 1. The van der Waals surface area contributed by atoms with Gasteiger partial charge in [-0.2, -0.15) is 0 Å². The second kappa shape index (κ2) is 8.35. The minimum Gasteiger partial charge on any atom is -0.481 e. The summed E-state index contributed by atoms with van der Waals surface area (Å²) in [5.74, 6) is 0.380. The third-order valence-corrected chi connectivity index (χ3v) is 6.72. The second-order valence-corrected chi connectivity index (χ2v) is 8.30. The highest BCUT2D eigenvalue weighted by molar-refractivity contribution is 5.80. The van der Waals surface area contributed by atoms with Crippen LogP contribution in [0.15, 0.2) is 0 Å². The van der Waals surface area contributed by atoms with Gasteiger partial charge in [0.15, 0.2) is 0 Å². The van der Waals surface area contributed by atoms with E-state index in [0.717, 1.165) is 31.7 Å². The molecule has 1 heterocycles. The van der Waals surface area contributed by atoms with Gasteiger partial charge in [-0.05, 0) is 57.3 Å². The first kappa shape index (κ1) is 17.8. The van der Waals surface area contributed by atoms with E-state index < -0.39 is 5.97 Å². The van der Waals surface area contributed by atoms with Crippen molar-refractivity contribution in [3.8, 4) is 0 Å². The lowest BCUT2D eigenvalue weighted by Gasteiger charge is -2.33. The lowest BCUT2D eigenvalue weighted by molar-refractivity contribution is -0.146. The summed E-state index contributed by atoms with van der Waals surface area (Å²) in [5.41, 5.74) is 0. The minimum absolute atomic E-state index is 0.0795. The van der Waals surface area contributed by atoms with E-state index in [0.29, 0.717) is 24.8 Å². The highest BCUT2D eigenvalue weighted by atomic mass is 16.4. The molecular weight excluding hydrogens is 302 g/mol. The summed E-state index contributed by atoms with van der Waals surface area (Å²) < 4.78 is 0. The summed E-state index contributed by atoms with van der Waals surface area (Å²) in [4.78, 5) is 26.2. The predicted molar refractivity (Wildman–Crippen MR) is 93.6 cm³/mol. The van der Waals surface area contributed by atoms with Crippen molar-refractivity contribution in [3.05, 3.63) is 0 Å². The van der Waals surface area contributed by atoms with Gasteiger partial charge in [0, 0.05) is 18.5 Å². The molecule has 3 aliphatic rings. The van der Waals surface area contributed by atoms with Gasteiger partial charge in [0.1, 0.15) is 0 Å². The van der Waals surface area contributed by atoms with Crippen LogP contribution in [0.25, 0.3) is 0 Å². The number of hydrogen-bond acceptors (Lipinski definition) is 2. The van der Waals surface area contributed by atoms with E-state index in [1.54, 1.807) is 0 Å². The molecular formula is C20H33NO3. The van der Waals surface area contributed by atoms with E-state index in [4.69, 9.17) is 5.11 Å².